The smallest absolute Gasteiger partial charge is 0.303 e. The van der Waals surface area contributed by atoms with Crippen LogP contribution in [0.4, 0.5) is 5.82 Å². The maximum atomic E-state index is 10.8. The Kier molecular flexibility index (Phi) is 5.44. The van der Waals surface area contributed by atoms with Crippen LogP contribution in [0.3, 0.4) is 0 Å². The van der Waals surface area contributed by atoms with E-state index in [1.54, 1.807) is 0 Å². The molecule has 22 heavy (non-hydrogen) atoms. The highest BCUT2D eigenvalue weighted by Crippen LogP contribution is 2.13. The molecule has 2 aromatic rings. The van der Waals surface area contributed by atoms with Gasteiger partial charge in [0, 0.05) is 12.5 Å². The molecule has 0 fully saturated rings. The number of carboxylic acids is 1. The van der Waals surface area contributed by atoms with Gasteiger partial charge in [-0.15, -0.1) is 0 Å². The van der Waals surface area contributed by atoms with Crippen LogP contribution in [0, 0.1) is 11.3 Å². The summed E-state index contributed by atoms with van der Waals surface area (Å²) in [6, 6.07) is 11.7. The second-order valence-corrected chi connectivity index (χ2v) is 4.86. The van der Waals surface area contributed by atoms with Crippen molar-refractivity contribution in [2.75, 3.05) is 5.32 Å². The Morgan fingerprint density at radius 3 is 2.64 bits per heavy atom. The quantitative estimate of drug-likeness (QED) is 0.813. The number of nitrogens with zero attached hydrogens (tertiary/aromatic N) is 3. The highest BCUT2D eigenvalue weighted by Gasteiger charge is 2.12. The van der Waals surface area contributed by atoms with Gasteiger partial charge in [-0.3, -0.25) is 4.79 Å². The molecule has 0 saturated carbocycles. The number of nitriles is 1. The van der Waals surface area contributed by atoms with E-state index in [9.17, 15) is 4.79 Å². The molecule has 1 heterocycles. The lowest BCUT2D eigenvalue weighted by Crippen LogP contribution is -2.24. The number of aliphatic carboxylic acids is 1. The lowest BCUT2D eigenvalue weighted by atomic mass is 10.0. The summed E-state index contributed by atoms with van der Waals surface area (Å²) in [6.45, 7) is 0. The van der Waals surface area contributed by atoms with Crippen molar-refractivity contribution >= 4 is 11.8 Å². The first-order chi connectivity index (χ1) is 10.7. The Balaban J connectivity index is 2.05. The van der Waals surface area contributed by atoms with Crippen LogP contribution in [0.15, 0.2) is 42.7 Å². The Labute approximate surface area is 128 Å². The van der Waals surface area contributed by atoms with Crippen LogP contribution in [0.25, 0.3) is 0 Å². The molecule has 0 amide bonds. The Hall–Kier alpha value is -2.94. The van der Waals surface area contributed by atoms with Gasteiger partial charge in [0.15, 0.2) is 5.69 Å². The van der Waals surface area contributed by atoms with Crippen molar-refractivity contribution in [2.45, 2.75) is 25.3 Å². The molecule has 0 aliphatic heterocycles. The van der Waals surface area contributed by atoms with Gasteiger partial charge in [-0.05, 0) is 18.4 Å². The van der Waals surface area contributed by atoms with Gasteiger partial charge < -0.3 is 10.4 Å². The first-order valence-corrected chi connectivity index (χ1v) is 6.92. The first-order valence-electron chi connectivity index (χ1n) is 6.92. The molecule has 0 spiro atoms. The van der Waals surface area contributed by atoms with Crippen molar-refractivity contribution < 1.29 is 9.90 Å². The molecular formula is C16H16N4O2. The van der Waals surface area contributed by atoms with Crippen LogP contribution in [0.1, 0.15) is 24.1 Å². The third-order valence-corrected chi connectivity index (χ3v) is 3.15. The lowest BCUT2D eigenvalue weighted by Gasteiger charge is -2.18. The minimum atomic E-state index is -0.828. The number of nitrogens with one attached hydrogen (secondary N) is 1. The molecule has 2 rings (SSSR count). The van der Waals surface area contributed by atoms with Crippen LogP contribution in [0.5, 0.6) is 0 Å². The predicted octanol–water partition coefficient (Wildman–Crippen LogP) is 2.24. The summed E-state index contributed by atoms with van der Waals surface area (Å²) in [4.78, 5) is 18.9. The van der Waals surface area contributed by atoms with Crippen molar-refractivity contribution in [2.24, 2.45) is 0 Å². The fraction of sp³-hybridized carbons (Fsp3) is 0.250. The average molecular weight is 296 g/mol. The zero-order valence-electron chi connectivity index (χ0n) is 11.9. The van der Waals surface area contributed by atoms with Crippen molar-refractivity contribution in [1.29, 1.82) is 5.26 Å². The molecule has 112 valence electrons. The number of rotatable bonds is 7. The Morgan fingerprint density at radius 1 is 1.27 bits per heavy atom. The highest BCUT2D eigenvalue weighted by molar-refractivity contribution is 5.66. The van der Waals surface area contributed by atoms with Gasteiger partial charge in [0.2, 0.25) is 0 Å². The number of hydrogen-bond donors (Lipinski definition) is 2. The summed E-state index contributed by atoms with van der Waals surface area (Å²) in [5.41, 5.74) is 1.36. The van der Waals surface area contributed by atoms with E-state index in [-0.39, 0.29) is 18.2 Å². The Bertz CT molecular complexity index is 650. The summed E-state index contributed by atoms with van der Waals surface area (Å²) in [5, 5.41) is 20.8. The van der Waals surface area contributed by atoms with Crippen LogP contribution >= 0.6 is 0 Å². The summed E-state index contributed by atoms with van der Waals surface area (Å²) in [7, 11) is 0. The minimum Gasteiger partial charge on any atom is -0.481 e. The number of carbonyl (C=O) groups is 1. The number of anilines is 1. The van der Waals surface area contributed by atoms with E-state index in [2.05, 4.69) is 15.3 Å². The topological polar surface area (TPSA) is 98.9 Å². The van der Waals surface area contributed by atoms with Crippen molar-refractivity contribution in [3.8, 4) is 6.07 Å². The molecule has 1 aromatic heterocycles. The molecule has 0 radical (unpaired) electrons. The SMILES string of the molecule is N#Cc1cnc(NC(CCC(=O)O)Cc2ccccc2)cn1. The highest BCUT2D eigenvalue weighted by atomic mass is 16.4. The number of aromatic nitrogens is 2. The fourth-order valence-corrected chi connectivity index (χ4v) is 2.09. The molecule has 0 aliphatic rings. The summed E-state index contributed by atoms with van der Waals surface area (Å²) < 4.78 is 0. The van der Waals surface area contributed by atoms with Gasteiger partial charge in [0.1, 0.15) is 11.9 Å². The number of benzene rings is 1. The van der Waals surface area contributed by atoms with Gasteiger partial charge in [-0.1, -0.05) is 30.3 Å². The van der Waals surface area contributed by atoms with E-state index in [1.165, 1.54) is 12.4 Å². The monoisotopic (exact) mass is 296 g/mol. The van der Waals surface area contributed by atoms with Crippen LogP contribution in [-0.4, -0.2) is 27.1 Å². The number of hydrogen-bond acceptors (Lipinski definition) is 5. The summed E-state index contributed by atoms with van der Waals surface area (Å²) in [5.74, 6) is -0.295. The molecule has 1 aromatic carbocycles. The van der Waals surface area contributed by atoms with Crippen LogP contribution < -0.4 is 5.32 Å². The van der Waals surface area contributed by atoms with E-state index >= 15 is 0 Å². The zero-order valence-corrected chi connectivity index (χ0v) is 11.9. The van der Waals surface area contributed by atoms with E-state index in [0.29, 0.717) is 18.7 Å². The van der Waals surface area contributed by atoms with Gasteiger partial charge in [0.25, 0.3) is 0 Å². The van der Waals surface area contributed by atoms with Gasteiger partial charge in [0.05, 0.1) is 12.4 Å². The van der Waals surface area contributed by atoms with Crippen LogP contribution in [-0.2, 0) is 11.2 Å². The summed E-state index contributed by atoms with van der Waals surface area (Å²) in [6.07, 6.45) is 4.12. The van der Waals surface area contributed by atoms with Crippen molar-refractivity contribution in [3.05, 3.63) is 54.0 Å². The third-order valence-electron chi connectivity index (χ3n) is 3.15. The molecule has 6 nitrogen and oxygen atoms in total. The first kappa shape index (κ1) is 15.4. The predicted molar refractivity (Wildman–Crippen MR) is 81.2 cm³/mol. The largest absolute Gasteiger partial charge is 0.481 e. The molecule has 0 bridgehead atoms. The maximum absolute atomic E-state index is 10.8. The second-order valence-electron chi connectivity index (χ2n) is 4.86. The lowest BCUT2D eigenvalue weighted by molar-refractivity contribution is -0.137. The summed E-state index contributed by atoms with van der Waals surface area (Å²) >= 11 is 0. The molecule has 0 saturated heterocycles. The molecule has 0 aliphatic carbocycles. The van der Waals surface area contributed by atoms with E-state index < -0.39 is 5.97 Å². The van der Waals surface area contributed by atoms with Crippen molar-refractivity contribution in [1.82, 2.24) is 9.97 Å². The Morgan fingerprint density at radius 2 is 2.05 bits per heavy atom. The molecule has 1 atom stereocenters. The van der Waals surface area contributed by atoms with Crippen molar-refractivity contribution in [3.63, 3.8) is 0 Å². The molecule has 1 unspecified atom stereocenters. The van der Waals surface area contributed by atoms with E-state index in [4.69, 9.17) is 10.4 Å². The fourth-order valence-electron chi connectivity index (χ4n) is 2.09. The normalized spacial score (nSPS) is 11.4. The molecule has 2 N–H and O–H groups in total. The maximum Gasteiger partial charge on any atom is 0.303 e. The van der Waals surface area contributed by atoms with E-state index in [0.717, 1.165) is 5.56 Å². The molecular weight excluding hydrogens is 280 g/mol. The van der Waals surface area contributed by atoms with Gasteiger partial charge in [-0.25, -0.2) is 9.97 Å². The molecule has 6 heteroatoms. The van der Waals surface area contributed by atoms with Gasteiger partial charge >= 0.3 is 5.97 Å². The minimum absolute atomic E-state index is 0.0688. The zero-order chi connectivity index (χ0) is 15.8. The number of carboxylic acid groups (broad SMARTS) is 1. The third kappa shape index (κ3) is 4.87. The van der Waals surface area contributed by atoms with Gasteiger partial charge in [-0.2, -0.15) is 5.26 Å². The second kappa shape index (κ2) is 7.74. The van der Waals surface area contributed by atoms with Crippen LogP contribution in [0.2, 0.25) is 0 Å². The average Bonchev–Trinajstić information content (AvgIpc) is 2.54. The standard InChI is InChI=1S/C16H16N4O2/c17-9-14-10-19-15(11-18-14)20-13(6-7-16(21)22)8-12-4-2-1-3-5-12/h1-5,10-11,13H,6-8H2,(H,19,20)(H,21,22). The van der Waals surface area contributed by atoms with E-state index in [1.807, 2.05) is 36.4 Å².